The average Bonchev–Trinajstić information content (AvgIpc) is 3.03. The molecule has 4 rings (SSSR count). The lowest BCUT2D eigenvalue weighted by molar-refractivity contribution is 0.0732. The summed E-state index contributed by atoms with van der Waals surface area (Å²) in [5.41, 5.74) is 2.02. The van der Waals surface area contributed by atoms with E-state index < -0.39 is 0 Å². The first-order valence-corrected chi connectivity index (χ1v) is 9.76. The zero-order chi connectivity index (χ0) is 19.0. The van der Waals surface area contributed by atoms with Crippen molar-refractivity contribution in [3.63, 3.8) is 0 Å². The van der Waals surface area contributed by atoms with E-state index in [1.807, 2.05) is 17.8 Å². The number of carbonyl (C=O) groups excluding carboxylic acids is 1. The number of aromatic nitrogens is 2. The van der Waals surface area contributed by atoms with Crippen LogP contribution in [0.1, 0.15) is 37.3 Å². The van der Waals surface area contributed by atoms with Crippen molar-refractivity contribution >= 4 is 17.0 Å². The molecule has 0 aliphatic carbocycles. The monoisotopic (exact) mass is 374 g/mol. The fourth-order valence-corrected chi connectivity index (χ4v) is 4.65. The second-order valence-corrected chi connectivity index (χ2v) is 7.67. The molecule has 0 saturated carbocycles. The summed E-state index contributed by atoms with van der Waals surface area (Å²) in [7, 11) is 3.36. The molecule has 0 radical (unpaired) electrons. The maximum Gasteiger partial charge on any atom is 0.409 e. The molecule has 6 nitrogen and oxygen atoms in total. The Kier molecular flexibility index (Phi) is 5.04. The van der Waals surface area contributed by atoms with Crippen molar-refractivity contribution in [2.24, 2.45) is 7.05 Å². The van der Waals surface area contributed by atoms with E-state index in [0.717, 1.165) is 68.5 Å². The number of halogens is 1. The van der Waals surface area contributed by atoms with E-state index >= 15 is 0 Å². The Labute approximate surface area is 158 Å². The molecule has 1 aromatic carbocycles. The fraction of sp³-hybridized carbons (Fsp3) is 0.600. The van der Waals surface area contributed by atoms with E-state index in [1.165, 1.54) is 13.2 Å². The van der Waals surface area contributed by atoms with Crippen LogP contribution >= 0.6 is 0 Å². The number of methoxy groups -OCH3 is 1. The molecule has 0 unspecified atom stereocenters. The molecule has 2 aliphatic rings. The van der Waals surface area contributed by atoms with Crippen LogP contribution in [0, 0.1) is 5.82 Å². The summed E-state index contributed by atoms with van der Waals surface area (Å²) in [6, 6.07) is 5.46. The summed E-state index contributed by atoms with van der Waals surface area (Å²) >= 11 is 0. The van der Waals surface area contributed by atoms with Gasteiger partial charge in [-0.25, -0.2) is 9.18 Å². The van der Waals surface area contributed by atoms with Crippen molar-refractivity contribution in [1.82, 2.24) is 19.6 Å². The number of aryl methyl sites for hydroxylation is 1. The third-order valence-electron chi connectivity index (χ3n) is 6.17. The number of likely N-dealkylation sites (tertiary alicyclic amines) is 2. The Morgan fingerprint density at radius 1 is 1.15 bits per heavy atom. The predicted octanol–water partition coefficient (Wildman–Crippen LogP) is 3.12. The van der Waals surface area contributed by atoms with Gasteiger partial charge in [-0.1, -0.05) is 0 Å². The van der Waals surface area contributed by atoms with Crippen molar-refractivity contribution in [2.45, 2.75) is 37.6 Å². The lowest BCUT2D eigenvalue weighted by Crippen LogP contribution is -2.48. The zero-order valence-corrected chi connectivity index (χ0v) is 16.0. The summed E-state index contributed by atoms with van der Waals surface area (Å²) in [6.45, 7) is 3.59. The van der Waals surface area contributed by atoms with Crippen LogP contribution in [0.5, 0.6) is 0 Å². The molecule has 1 aromatic heterocycles. The Morgan fingerprint density at radius 2 is 1.85 bits per heavy atom. The van der Waals surface area contributed by atoms with Gasteiger partial charge in [0.2, 0.25) is 0 Å². The van der Waals surface area contributed by atoms with Crippen molar-refractivity contribution in [3.05, 3.63) is 29.7 Å². The highest BCUT2D eigenvalue weighted by Crippen LogP contribution is 2.34. The lowest BCUT2D eigenvalue weighted by Gasteiger charge is -2.41. The van der Waals surface area contributed by atoms with Crippen molar-refractivity contribution in [3.8, 4) is 0 Å². The Hall–Kier alpha value is -2.15. The Bertz CT molecular complexity index is 821. The molecule has 0 bridgehead atoms. The Balaban J connectivity index is 1.39. The summed E-state index contributed by atoms with van der Waals surface area (Å²) < 4.78 is 20.4. The maximum atomic E-state index is 13.7. The second-order valence-electron chi connectivity index (χ2n) is 7.67. The van der Waals surface area contributed by atoms with Gasteiger partial charge in [0.1, 0.15) is 5.82 Å². The summed E-state index contributed by atoms with van der Waals surface area (Å²) in [4.78, 5) is 16.0. The third kappa shape index (κ3) is 3.52. The number of benzene rings is 1. The SMILES string of the molecule is COC(=O)N1CCC(N2CCC(c3nn(C)c4ccc(F)cc34)CC2)CC1. The zero-order valence-electron chi connectivity index (χ0n) is 16.0. The van der Waals surface area contributed by atoms with Gasteiger partial charge in [0.05, 0.1) is 18.3 Å². The summed E-state index contributed by atoms with van der Waals surface area (Å²) in [6.07, 6.45) is 3.86. The molecule has 0 spiro atoms. The molecule has 1 amide bonds. The average molecular weight is 374 g/mol. The molecule has 7 heteroatoms. The molecule has 2 aromatic rings. The van der Waals surface area contributed by atoms with E-state index in [9.17, 15) is 9.18 Å². The molecule has 3 heterocycles. The van der Waals surface area contributed by atoms with E-state index in [1.54, 1.807) is 11.0 Å². The van der Waals surface area contributed by atoms with Crippen LogP contribution in [0.15, 0.2) is 18.2 Å². The quantitative estimate of drug-likeness (QED) is 0.810. The highest BCUT2D eigenvalue weighted by molar-refractivity contribution is 5.82. The van der Waals surface area contributed by atoms with E-state index in [4.69, 9.17) is 9.84 Å². The summed E-state index contributed by atoms with van der Waals surface area (Å²) in [5.74, 6) is 0.174. The molecule has 0 atom stereocenters. The van der Waals surface area contributed by atoms with Crippen LogP contribution in [-0.4, -0.2) is 65.0 Å². The maximum absolute atomic E-state index is 13.7. The van der Waals surface area contributed by atoms with Gasteiger partial charge < -0.3 is 14.5 Å². The number of fused-ring (bicyclic) bond motifs is 1. The minimum atomic E-state index is -0.221. The van der Waals surface area contributed by atoms with Crippen LogP contribution in [0.2, 0.25) is 0 Å². The van der Waals surface area contributed by atoms with Gasteiger partial charge in [-0.05, 0) is 57.0 Å². The summed E-state index contributed by atoms with van der Waals surface area (Å²) in [5, 5.41) is 5.65. The fourth-order valence-electron chi connectivity index (χ4n) is 4.65. The second kappa shape index (κ2) is 7.46. The highest BCUT2D eigenvalue weighted by atomic mass is 19.1. The van der Waals surface area contributed by atoms with E-state index in [-0.39, 0.29) is 11.9 Å². The number of hydrogen-bond donors (Lipinski definition) is 0. The third-order valence-corrected chi connectivity index (χ3v) is 6.17. The van der Waals surface area contributed by atoms with E-state index in [2.05, 4.69) is 4.90 Å². The molecular weight excluding hydrogens is 347 g/mol. The van der Waals surface area contributed by atoms with Crippen molar-refractivity contribution in [1.29, 1.82) is 0 Å². The molecule has 2 aliphatic heterocycles. The topological polar surface area (TPSA) is 50.6 Å². The molecule has 146 valence electrons. The first kappa shape index (κ1) is 18.2. The van der Waals surface area contributed by atoms with Crippen LogP contribution in [-0.2, 0) is 11.8 Å². The predicted molar refractivity (Wildman–Crippen MR) is 101 cm³/mol. The van der Waals surface area contributed by atoms with Crippen LogP contribution in [0.3, 0.4) is 0 Å². The van der Waals surface area contributed by atoms with Crippen molar-refractivity contribution < 1.29 is 13.9 Å². The van der Waals surface area contributed by atoms with Crippen LogP contribution in [0.4, 0.5) is 9.18 Å². The van der Waals surface area contributed by atoms with Gasteiger partial charge in [-0.2, -0.15) is 5.10 Å². The number of amides is 1. The van der Waals surface area contributed by atoms with Crippen LogP contribution in [0.25, 0.3) is 10.9 Å². The number of rotatable bonds is 2. The number of carbonyl (C=O) groups is 1. The number of ether oxygens (including phenoxy) is 1. The highest BCUT2D eigenvalue weighted by Gasteiger charge is 2.31. The molecule has 2 saturated heterocycles. The lowest BCUT2D eigenvalue weighted by atomic mass is 9.90. The van der Waals surface area contributed by atoms with Gasteiger partial charge in [0.15, 0.2) is 0 Å². The first-order chi connectivity index (χ1) is 13.1. The molecule has 27 heavy (non-hydrogen) atoms. The van der Waals surface area contributed by atoms with Gasteiger partial charge in [-0.3, -0.25) is 4.68 Å². The van der Waals surface area contributed by atoms with Crippen molar-refractivity contribution in [2.75, 3.05) is 33.3 Å². The largest absolute Gasteiger partial charge is 0.453 e. The number of hydrogen-bond acceptors (Lipinski definition) is 4. The van der Waals surface area contributed by atoms with Gasteiger partial charge in [-0.15, -0.1) is 0 Å². The molecule has 2 fully saturated rings. The normalized spacial score (nSPS) is 20.3. The van der Waals surface area contributed by atoms with Gasteiger partial charge >= 0.3 is 6.09 Å². The standard InChI is InChI=1S/C20H27FN4O2/c1-23-18-4-3-15(21)13-17(18)19(22-23)14-5-9-24(10-6-14)16-7-11-25(12-8-16)20(26)27-2/h3-4,13-14,16H,5-12H2,1-2H3. The van der Waals surface area contributed by atoms with Crippen LogP contribution < -0.4 is 0 Å². The number of nitrogens with zero attached hydrogens (tertiary/aromatic N) is 4. The Morgan fingerprint density at radius 3 is 2.52 bits per heavy atom. The van der Waals surface area contributed by atoms with Gasteiger partial charge in [0, 0.05) is 37.5 Å². The smallest absolute Gasteiger partial charge is 0.409 e. The molecule has 0 N–H and O–H groups in total. The number of piperidine rings is 2. The van der Waals surface area contributed by atoms with E-state index in [0.29, 0.717) is 12.0 Å². The first-order valence-electron chi connectivity index (χ1n) is 9.76. The molecular formula is C20H27FN4O2. The minimum Gasteiger partial charge on any atom is -0.453 e. The minimum absolute atomic E-state index is 0.202. The van der Waals surface area contributed by atoms with Gasteiger partial charge in [0.25, 0.3) is 0 Å².